The summed E-state index contributed by atoms with van der Waals surface area (Å²) in [6, 6.07) is 24.7. The number of nitrogen functional groups attached to an aromatic ring is 1. The molecule has 0 spiro atoms. The van der Waals surface area contributed by atoms with Gasteiger partial charge in [-0.25, -0.2) is 9.97 Å². The summed E-state index contributed by atoms with van der Waals surface area (Å²) in [5, 5.41) is 10.6. The van der Waals surface area contributed by atoms with E-state index in [1.54, 1.807) is 0 Å². The molecule has 0 radical (unpaired) electrons. The second kappa shape index (κ2) is 8.58. The van der Waals surface area contributed by atoms with Gasteiger partial charge in [0.1, 0.15) is 5.82 Å². The van der Waals surface area contributed by atoms with Crippen molar-refractivity contribution in [3.63, 3.8) is 0 Å². The smallest absolute Gasteiger partial charge is 0.117 e. The van der Waals surface area contributed by atoms with Crippen LogP contribution >= 0.6 is 0 Å². The van der Waals surface area contributed by atoms with Gasteiger partial charge in [0.25, 0.3) is 0 Å². The van der Waals surface area contributed by atoms with Crippen LogP contribution in [0.3, 0.4) is 0 Å². The SMILES string of the molecule is Nc1cccn2c(C3CCC(CO)CC3)nc(-c3ccc4ccc(-c5ccccc5)nc4c3)c12. The molecule has 1 aliphatic rings. The minimum Gasteiger partial charge on any atom is -0.397 e. The molecule has 5 aromatic rings. The molecular weight excluding hydrogens is 420 g/mol. The quantitative estimate of drug-likeness (QED) is 0.350. The lowest BCUT2D eigenvalue weighted by atomic mass is 9.82. The van der Waals surface area contributed by atoms with Crippen LogP contribution in [0.25, 0.3) is 38.9 Å². The van der Waals surface area contributed by atoms with E-state index >= 15 is 0 Å². The minimum atomic E-state index is 0.280. The van der Waals surface area contributed by atoms with Gasteiger partial charge in [-0.15, -0.1) is 0 Å². The number of anilines is 1. The Hall–Kier alpha value is -3.70. The molecule has 3 heterocycles. The van der Waals surface area contributed by atoms with Crippen molar-refractivity contribution in [2.45, 2.75) is 31.6 Å². The lowest BCUT2D eigenvalue weighted by Crippen LogP contribution is -2.17. The highest BCUT2D eigenvalue weighted by atomic mass is 16.3. The fourth-order valence-electron chi connectivity index (χ4n) is 5.32. The van der Waals surface area contributed by atoms with E-state index in [0.717, 1.165) is 76.1 Å². The number of hydrogen-bond acceptors (Lipinski definition) is 4. The molecule has 0 aliphatic heterocycles. The summed E-state index contributed by atoms with van der Waals surface area (Å²) >= 11 is 0. The van der Waals surface area contributed by atoms with Gasteiger partial charge in [0.2, 0.25) is 0 Å². The third kappa shape index (κ3) is 3.62. The monoisotopic (exact) mass is 448 g/mol. The Morgan fingerprint density at radius 2 is 1.65 bits per heavy atom. The van der Waals surface area contributed by atoms with Gasteiger partial charge in [0.15, 0.2) is 0 Å². The van der Waals surface area contributed by atoms with E-state index in [9.17, 15) is 5.11 Å². The summed E-state index contributed by atoms with van der Waals surface area (Å²) in [5.74, 6) is 1.85. The first-order chi connectivity index (χ1) is 16.7. The highest BCUT2D eigenvalue weighted by Gasteiger charge is 2.27. The standard InChI is InChI=1S/C29H28N4O/c30-24-7-4-16-33-28(24)27(32-29(33)22-10-8-19(18-34)9-11-22)23-13-12-21-14-15-25(31-26(21)17-23)20-5-2-1-3-6-20/h1-7,12-17,19,22,34H,8-11,18,30H2. The molecule has 34 heavy (non-hydrogen) atoms. The maximum absolute atomic E-state index is 9.54. The normalized spacial score (nSPS) is 18.5. The Balaban J connectivity index is 1.46. The van der Waals surface area contributed by atoms with Crippen LogP contribution in [0.1, 0.15) is 37.4 Å². The third-order valence-electron chi connectivity index (χ3n) is 7.23. The summed E-state index contributed by atoms with van der Waals surface area (Å²) < 4.78 is 2.17. The minimum absolute atomic E-state index is 0.280. The molecule has 5 nitrogen and oxygen atoms in total. The van der Waals surface area contributed by atoms with Gasteiger partial charge in [0.05, 0.1) is 28.1 Å². The molecule has 170 valence electrons. The lowest BCUT2D eigenvalue weighted by Gasteiger charge is -2.26. The molecule has 1 saturated carbocycles. The fourth-order valence-corrected chi connectivity index (χ4v) is 5.32. The molecule has 1 aliphatic carbocycles. The van der Waals surface area contributed by atoms with Crippen molar-refractivity contribution < 1.29 is 5.11 Å². The summed E-state index contributed by atoms with van der Waals surface area (Å²) in [4.78, 5) is 10.1. The van der Waals surface area contributed by atoms with E-state index in [1.165, 1.54) is 0 Å². The van der Waals surface area contributed by atoms with Crippen LogP contribution in [-0.4, -0.2) is 26.1 Å². The number of rotatable bonds is 4. The third-order valence-corrected chi connectivity index (χ3v) is 7.23. The fraction of sp³-hybridized carbons (Fsp3) is 0.241. The molecule has 0 bridgehead atoms. The number of aliphatic hydroxyl groups is 1. The summed E-state index contributed by atoms with van der Waals surface area (Å²) in [5.41, 5.74) is 13.1. The first-order valence-electron chi connectivity index (χ1n) is 12.0. The molecule has 0 atom stereocenters. The molecule has 1 fully saturated rings. The number of nitrogens with two attached hydrogens (primary N) is 1. The van der Waals surface area contributed by atoms with Gasteiger partial charge in [-0.2, -0.15) is 0 Å². The summed E-state index contributed by atoms with van der Waals surface area (Å²) in [6.45, 7) is 0.280. The summed E-state index contributed by atoms with van der Waals surface area (Å²) in [7, 11) is 0. The predicted octanol–water partition coefficient (Wildman–Crippen LogP) is 6.06. The van der Waals surface area contributed by atoms with Gasteiger partial charge >= 0.3 is 0 Å². The number of nitrogens with zero attached hydrogens (tertiary/aromatic N) is 3. The van der Waals surface area contributed by atoms with Crippen molar-refractivity contribution in [2.75, 3.05) is 12.3 Å². The van der Waals surface area contributed by atoms with Gasteiger partial charge in [-0.3, -0.25) is 0 Å². The van der Waals surface area contributed by atoms with Crippen molar-refractivity contribution in [3.05, 3.63) is 84.8 Å². The van der Waals surface area contributed by atoms with Gasteiger partial charge < -0.3 is 15.2 Å². The van der Waals surface area contributed by atoms with Crippen LogP contribution < -0.4 is 5.73 Å². The van der Waals surface area contributed by atoms with Crippen LogP contribution in [0.5, 0.6) is 0 Å². The van der Waals surface area contributed by atoms with E-state index in [1.807, 2.05) is 30.3 Å². The highest BCUT2D eigenvalue weighted by molar-refractivity contribution is 5.92. The molecule has 6 rings (SSSR count). The van der Waals surface area contributed by atoms with Crippen molar-refractivity contribution >= 4 is 22.1 Å². The molecule has 3 N–H and O–H groups in total. The van der Waals surface area contributed by atoms with E-state index in [-0.39, 0.29) is 6.61 Å². The van der Waals surface area contributed by atoms with Crippen molar-refractivity contribution in [3.8, 4) is 22.5 Å². The molecular formula is C29H28N4O. The number of benzene rings is 2. The second-order valence-electron chi connectivity index (χ2n) is 9.37. The number of pyridine rings is 2. The molecule has 2 aromatic carbocycles. The Morgan fingerprint density at radius 1 is 0.853 bits per heavy atom. The Kier molecular flexibility index (Phi) is 5.27. The topological polar surface area (TPSA) is 76.4 Å². The Labute approximate surface area is 198 Å². The number of fused-ring (bicyclic) bond motifs is 2. The van der Waals surface area contributed by atoms with Crippen LogP contribution in [0.4, 0.5) is 5.69 Å². The maximum atomic E-state index is 9.54. The molecule has 3 aromatic heterocycles. The van der Waals surface area contributed by atoms with Gasteiger partial charge in [0, 0.05) is 35.2 Å². The highest BCUT2D eigenvalue weighted by Crippen LogP contribution is 2.39. The van der Waals surface area contributed by atoms with Crippen LogP contribution in [0, 0.1) is 5.92 Å². The number of aromatic nitrogens is 3. The molecule has 0 saturated heterocycles. The second-order valence-corrected chi connectivity index (χ2v) is 9.37. The van der Waals surface area contributed by atoms with Crippen LogP contribution in [-0.2, 0) is 0 Å². The number of hydrogen-bond donors (Lipinski definition) is 2. The van der Waals surface area contributed by atoms with E-state index in [4.69, 9.17) is 15.7 Å². The maximum Gasteiger partial charge on any atom is 0.117 e. The van der Waals surface area contributed by atoms with E-state index < -0.39 is 0 Å². The van der Waals surface area contributed by atoms with E-state index in [0.29, 0.717) is 11.8 Å². The average Bonchev–Trinajstić information content (AvgIpc) is 3.30. The van der Waals surface area contributed by atoms with Crippen molar-refractivity contribution in [2.24, 2.45) is 5.92 Å². The Morgan fingerprint density at radius 3 is 2.44 bits per heavy atom. The number of aliphatic hydroxyl groups excluding tert-OH is 1. The zero-order chi connectivity index (χ0) is 23.1. The Bertz CT molecular complexity index is 1470. The molecule has 5 heteroatoms. The molecule has 0 unspecified atom stereocenters. The predicted molar refractivity (Wildman–Crippen MR) is 138 cm³/mol. The van der Waals surface area contributed by atoms with E-state index in [2.05, 4.69) is 53.1 Å². The zero-order valence-electron chi connectivity index (χ0n) is 19.1. The van der Waals surface area contributed by atoms with Gasteiger partial charge in [-0.1, -0.05) is 48.5 Å². The van der Waals surface area contributed by atoms with Crippen LogP contribution in [0.2, 0.25) is 0 Å². The summed E-state index contributed by atoms with van der Waals surface area (Å²) in [6.07, 6.45) is 6.23. The zero-order valence-corrected chi connectivity index (χ0v) is 19.1. The van der Waals surface area contributed by atoms with Crippen molar-refractivity contribution in [1.82, 2.24) is 14.4 Å². The number of imidazole rings is 1. The molecule has 0 amide bonds. The largest absolute Gasteiger partial charge is 0.397 e. The first kappa shape index (κ1) is 20.9. The van der Waals surface area contributed by atoms with Crippen LogP contribution in [0.15, 0.2) is 79.0 Å². The van der Waals surface area contributed by atoms with Crippen molar-refractivity contribution in [1.29, 1.82) is 0 Å². The lowest BCUT2D eigenvalue weighted by molar-refractivity contribution is 0.181. The van der Waals surface area contributed by atoms with Gasteiger partial charge in [-0.05, 0) is 55.9 Å². The first-order valence-corrected chi connectivity index (χ1v) is 12.0. The average molecular weight is 449 g/mol.